The first kappa shape index (κ1) is 15.0. The standard InChI is InChI=1S/C15H14Br2ClN/c1-3-10-5-12(18)6-14(17)13(10)7-15-9(2)4-11(16)8-19-15/h4-6,8H,3,7H2,1-2H3. The highest BCUT2D eigenvalue weighted by molar-refractivity contribution is 9.10. The summed E-state index contributed by atoms with van der Waals surface area (Å²) < 4.78 is 2.07. The Kier molecular flexibility index (Phi) is 5.04. The van der Waals surface area contributed by atoms with Gasteiger partial charge in [0.25, 0.3) is 0 Å². The Balaban J connectivity index is 2.43. The molecule has 0 atom stereocenters. The van der Waals surface area contributed by atoms with Gasteiger partial charge in [-0.3, -0.25) is 4.98 Å². The number of hydrogen-bond acceptors (Lipinski definition) is 1. The van der Waals surface area contributed by atoms with Crippen LogP contribution in [0.3, 0.4) is 0 Å². The monoisotopic (exact) mass is 401 g/mol. The molecule has 0 aliphatic heterocycles. The predicted molar refractivity (Wildman–Crippen MR) is 88.0 cm³/mol. The van der Waals surface area contributed by atoms with Gasteiger partial charge in [-0.2, -0.15) is 0 Å². The van der Waals surface area contributed by atoms with Gasteiger partial charge in [-0.25, -0.2) is 0 Å². The van der Waals surface area contributed by atoms with Crippen LogP contribution in [-0.4, -0.2) is 4.98 Å². The molecule has 2 rings (SSSR count). The summed E-state index contributed by atoms with van der Waals surface area (Å²) in [4.78, 5) is 4.51. The fraction of sp³-hybridized carbons (Fsp3) is 0.267. The maximum absolute atomic E-state index is 6.10. The molecule has 1 nitrogen and oxygen atoms in total. The van der Waals surface area contributed by atoms with Crippen LogP contribution in [0.4, 0.5) is 0 Å². The van der Waals surface area contributed by atoms with Gasteiger partial charge in [0.2, 0.25) is 0 Å². The van der Waals surface area contributed by atoms with Gasteiger partial charge in [0.05, 0.1) is 0 Å². The second-order valence-electron chi connectivity index (χ2n) is 4.47. The predicted octanol–water partition coefficient (Wildman–Crippen LogP) is 5.72. The number of aromatic nitrogens is 1. The summed E-state index contributed by atoms with van der Waals surface area (Å²) in [7, 11) is 0. The van der Waals surface area contributed by atoms with Crippen molar-refractivity contribution in [3.8, 4) is 0 Å². The van der Waals surface area contributed by atoms with Crippen molar-refractivity contribution in [2.45, 2.75) is 26.7 Å². The van der Waals surface area contributed by atoms with E-state index in [9.17, 15) is 0 Å². The largest absolute Gasteiger partial charge is 0.260 e. The smallest absolute Gasteiger partial charge is 0.0477 e. The first-order valence-electron chi connectivity index (χ1n) is 6.09. The van der Waals surface area contributed by atoms with E-state index in [1.807, 2.05) is 18.3 Å². The van der Waals surface area contributed by atoms with Crippen molar-refractivity contribution in [1.29, 1.82) is 0 Å². The molecule has 2 aromatic rings. The third kappa shape index (κ3) is 3.59. The summed E-state index contributed by atoms with van der Waals surface area (Å²) >= 11 is 13.2. The van der Waals surface area contributed by atoms with Crippen LogP contribution < -0.4 is 0 Å². The molecule has 0 aliphatic rings. The third-order valence-electron chi connectivity index (χ3n) is 3.13. The van der Waals surface area contributed by atoms with E-state index in [0.717, 1.165) is 32.5 Å². The molecule has 0 aliphatic carbocycles. The normalized spacial score (nSPS) is 10.8. The molecular weight excluding hydrogens is 389 g/mol. The van der Waals surface area contributed by atoms with Crippen molar-refractivity contribution in [3.05, 3.63) is 60.7 Å². The maximum atomic E-state index is 6.10. The first-order valence-corrected chi connectivity index (χ1v) is 8.05. The van der Waals surface area contributed by atoms with E-state index in [0.29, 0.717) is 0 Å². The van der Waals surface area contributed by atoms with Crippen LogP contribution in [0.25, 0.3) is 0 Å². The highest BCUT2D eigenvalue weighted by Gasteiger charge is 2.11. The Bertz CT molecular complexity index is 611. The molecule has 0 saturated heterocycles. The van der Waals surface area contributed by atoms with Crippen LogP contribution in [-0.2, 0) is 12.8 Å². The Labute approximate surface area is 135 Å². The minimum absolute atomic E-state index is 0.771. The molecule has 0 radical (unpaired) electrons. The molecule has 0 unspecified atom stereocenters. The number of aryl methyl sites for hydroxylation is 2. The summed E-state index contributed by atoms with van der Waals surface area (Å²) in [6.07, 6.45) is 3.63. The van der Waals surface area contributed by atoms with Crippen LogP contribution in [0.15, 0.2) is 33.3 Å². The van der Waals surface area contributed by atoms with E-state index < -0.39 is 0 Å². The van der Waals surface area contributed by atoms with Gasteiger partial charge < -0.3 is 0 Å². The fourth-order valence-electron chi connectivity index (χ4n) is 2.09. The van der Waals surface area contributed by atoms with Crippen molar-refractivity contribution in [1.82, 2.24) is 4.98 Å². The molecule has 100 valence electrons. The minimum Gasteiger partial charge on any atom is -0.260 e. The second kappa shape index (κ2) is 6.38. The van der Waals surface area contributed by atoms with Gasteiger partial charge in [0.15, 0.2) is 0 Å². The van der Waals surface area contributed by atoms with Crippen LogP contribution in [0.2, 0.25) is 5.02 Å². The molecule has 0 saturated carbocycles. The van der Waals surface area contributed by atoms with Crippen molar-refractivity contribution in [3.63, 3.8) is 0 Å². The Morgan fingerprint density at radius 3 is 2.58 bits per heavy atom. The van der Waals surface area contributed by atoms with Crippen LogP contribution in [0, 0.1) is 6.92 Å². The zero-order valence-electron chi connectivity index (χ0n) is 10.8. The van der Waals surface area contributed by atoms with Crippen LogP contribution in [0.5, 0.6) is 0 Å². The second-order valence-corrected chi connectivity index (χ2v) is 6.68. The molecule has 19 heavy (non-hydrogen) atoms. The van der Waals surface area contributed by atoms with Crippen LogP contribution in [0.1, 0.15) is 29.3 Å². The summed E-state index contributed by atoms with van der Waals surface area (Å²) in [6, 6.07) is 6.08. The molecule has 1 aromatic heterocycles. The molecule has 1 aromatic carbocycles. The number of hydrogen-bond donors (Lipinski definition) is 0. The minimum atomic E-state index is 0.771. The fourth-order valence-corrected chi connectivity index (χ4v) is 3.55. The Morgan fingerprint density at radius 1 is 1.21 bits per heavy atom. The Morgan fingerprint density at radius 2 is 1.95 bits per heavy atom. The molecule has 0 N–H and O–H groups in total. The molecule has 1 heterocycles. The summed E-state index contributed by atoms with van der Waals surface area (Å²) in [5.41, 5.74) is 4.83. The van der Waals surface area contributed by atoms with Crippen molar-refractivity contribution in [2.75, 3.05) is 0 Å². The van der Waals surface area contributed by atoms with Crippen molar-refractivity contribution < 1.29 is 0 Å². The lowest BCUT2D eigenvalue weighted by Gasteiger charge is -2.12. The summed E-state index contributed by atoms with van der Waals surface area (Å²) in [5, 5.41) is 0.771. The van der Waals surface area contributed by atoms with E-state index >= 15 is 0 Å². The summed E-state index contributed by atoms with van der Waals surface area (Å²) in [5.74, 6) is 0. The zero-order valence-corrected chi connectivity index (χ0v) is 14.7. The highest BCUT2D eigenvalue weighted by atomic mass is 79.9. The lowest BCUT2D eigenvalue weighted by atomic mass is 9.99. The number of pyridine rings is 1. The van der Waals surface area contributed by atoms with E-state index in [1.165, 1.54) is 16.7 Å². The zero-order chi connectivity index (χ0) is 14.0. The number of rotatable bonds is 3. The van der Waals surface area contributed by atoms with Crippen molar-refractivity contribution in [2.24, 2.45) is 0 Å². The average Bonchev–Trinajstić information content (AvgIpc) is 2.34. The molecule has 0 spiro atoms. The van der Waals surface area contributed by atoms with Crippen molar-refractivity contribution >= 4 is 43.5 Å². The molecule has 0 bridgehead atoms. The summed E-state index contributed by atoms with van der Waals surface area (Å²) in [6.45, 7) is 4.23. The Hall–Kier alpha value is -0.380. The van der Waals surface area contributed by atoms with Gasteiger partial charge >= 0.3 is 0 Å². The molecule has 0 fully saturated rings. The SMILES string of the molecule is CCc1cc(Cl)cc(Br)c1Cc1ncc(Br)cc1C. The van der Waals surface area contributed by atoms with E-state index in [-0.39, 0.29) is 0 Å². The van der Waals surface area contributed by atoms with Gasteiger partial charge in [0, 0.05) is 32.3 Å². The first-order chi connectivity index (χ1) is 9.01. The molecule has 4 heteroatoms. The third-order valence-corrected chi connectivity index (χ3v) is 4.49. The van der Waals surface area contributed by atoms with E-state index in [1.54, 1.807) is 0 Å². The average molecular weight is 404 g/mol. The number of halogens is 3. The molecule has 0 amide bonds. The van der Waals surface area contributed by atoms with Gasteiger partial charge in [-0.1, -0.05) is 34.5 Å². The topological polar surface area (TPSA) is 12.9 Å². The van der Waals surface area contributed by atoms with E-state index in [2.05, 4.69) is 56.8 Å². The lowest BCUT2D eigenvalue weighted by Crippen LogP contribution is -2.00. The van der Waals surface area contributed by atoms with Gasteiger partial charge in [0.1, 0.15) is 0 Å². The van der Waals surface area contributed by atoms with E-state index in [4.69, 9.17) is 11.6 Å². The van der Waals surface area contributed by atoms with Gasteiger partial charge in [-0.05, 0) is 64.2 Å². The lowest BCUT2D eigenvalue weighted by molar-refractivity contribution is 0.992. The quantitative estimate of drug-likeness (QED) is 0.639. The van der Waals surface area contributed by atoms with Crippen LogP contribution >= 0.6 is 43.5 Å². The number of nitrogens with zero attached hydrogens (tertiary/aromatic N) is 1. The molecular formula is C15H14Br2ClN. The maximum Gasteiger partial charge on any atom is 0.0477 e. The van der Waals surface area contributed by atoms with Gasteiger partial charge in [-0.15, -0.1) is 0 Å². The highest BCUT2D eigenvalue weighted by Crippen LogP contribution is 2.29. The number of benzene rings is 1.